The molecule has 1 fully saturated rings. The second-order valence-corrected chi connectivity index (χ2v) is 5.28. The molecule has 0 bridgehead atoms. The molecule has 19 heavy (non-hydrogen) atoms. The maximum absolute atomic E-state index is 12.5. The summed E-state index contributed by atoms with van der Waals surface area (Å²) < 4.78 is 1.64. The molecule has 1 N–H and O–H groups in total. The number of aromatic nitrogens is 2. The van der Waals surface area contributed by atoms with E-state index >= 15 is 0 Å². The van der Waals surface area contributed by atoms with Crippen LogP contribution >= 0.6 is 0 Å². The minimum absolute atomic E-state index is 0.0497. The van der Waals surface area contributed by atoms with Gasteiger partial charge in [0.05, 0.1) is 0 Å². The topological polar surface area (TPSA) is 46.9 Å². The summed E-state index contributed by atoms with van der Waals surface area (Å²) >= 11 is 0. The smallest absolute Gasteiger partial charge is 0.274 e. The summed E-state index contributed by atoms with van der Waals surface area (Å²) in [5.74, 6) is 0.723. The van der Waals surface area contributed by atoms with Crippen LogP contribution in [0.2, 0.25) is 0 Å². The van der Waals surface area contributed by atoms with E-state index < -0.39 is 0 Å². The van der Waals surface area contributed by atoms with E-state index in [1.807, 2.05) is 18.2 Å². The first-order chi connectivity index (χ1) is 9.29. The van der Waals surface area contributed by atoms with Gasteiger partial charge in [-0.1, -0.05) is 13.3 Å². The second-order valence-electron chi connectivity index (χ2n) is 5.28. The Balaban J connectivity index is 2.07. The Kier molecular flexibility index (Phi) is 3.23. The van der Waals surface area contributed by atoms with Crippen LogP contribution in [-0.4, -0.2) is 16.2 Å². The van der Waals surface area contributed by atoms with Gasteiger partial charge in [-0.2, -0.15) is 0 Å². The molecule has 3 rings (SSSR count). The number of hydrogen-bond donors (Lipinski definition) is 1. The fourth-order valence-corrected chi connectivity index (χ4v) is 2.34. The molecular formula is C15H19N3O. The zero-order valence-corrected chi connectivity index (χ0v) is 11.2. The van der Waals surface area contributed by atoms with Crippen LogP contribution in [0.3, 0.4) is 0 Å². The number of nitrogens with one attached hydrogen (secondary N) is 1. The molecule has 1 aliphatic rings. The van der Waals surface area contributed by atoms with Gasteiger partial charge in [-0.15, -0.1) is 0 Å². The summed E-state index contributed by atoms with van der Waals surface area (Å²) in [7, 11) is 0. The molecule has 0 atom stereocenters. The molecule has 1 saturated carbocycles. The number of hydrogen-bond acceptors (Lipinski definition) is 3. The highest BCUT2D eigenvalue weighted by Gasteiger charge is 2.21. The van der Waals surface area contributed by atoms with E-state index in [0.29, 0.717) is 0 Å². The number of rotatable bonds is 5. The van der Waals surface area contributed by atoms with Crippen LogP contribution in [0.15, 0.2) is 29.2 Å². The van der Waals surface area contributed by atoms with Gasteiger partial charge in [-0.3, -0.25) is 4.79 Å². The standard InChI is InChI=1S/C15H19N3O/c1-2-4-13-9-12-5-3-8-16-14(12)18(15(13)19)17-10-11-6-7-11/h3,5,8-9,11,17H,2,4,6-7,10H2,1H3. The first-order valence-corrected chi connectivity index (χ1v) is 7.03. The third-order valence-corrected chi connectivity index (χ3v) is 3.59. The first kappa shape index (κ1) is 12.2. The normalized spacial score (nSPS) is 14.8. The highest BCUT2D eigenvalue weighted by molar-refractivity contribution is 5.75. The van der Waals surface area contributed by atoms with Crippen molar-refractivity contribution in [2.45, 2.75) is 32.6 Å². The molecule has 0 spiro atoms. The Morgan fingerprint density at radius 1 is 1.47 bits per heavy atom. The van der Waals surface area contributed by atoms with Gasteiger partial charge in [0, 0.05) is 23.7 Å². The van der Waals surface area contributed by atoms with Crippen LogP contribution in [0.5, 0.6) is 0 Å². The average Bonchev–Trinajstić information content (AvgIpc) is 3.23. The summed E-state index contributed by atoms with van der Waals surface area (Å²) in [5.41, 5.74) is 4.90. The van der Waals surface area contributed by atoms with Crippen LogP contribution in [0.4, 0.5) is 0 Å². The molecule has 2 heterocycles. The molecule has 1 aliphatic carbocycles. The minimum atomic E-state index is 0.0497. The molecule has 0 saturated heterocycles. The molecular weight excluding hydrogens is 238 g/mol. The lowest BCUT2D eigenvalue weighted by molar-refractivity contribution is 0.745. The number of aryl methyl sites for hydroxylation is 1. The van der Waals surface area contributed by atoms with E-state index in [0.717, 1.165) is 41.9 Å². The Bertz CT molecular complexity index is 643. The zero-order valence-electron chi connectivity index (χ0n) is 11.2. The van der Waals surface area contributed by atoms with Crippen molar-refractivity contribution in [2.24, 2.45) is 5.92 Å². The quantitative estimate of drug-likeness (QED) is 0.894. The fourth-order valence-electron chi connectivity index (χ4n) is 2.34. The van der Waals surface area contributed by atoms with E-state index in [-0.39, 0.29) is 5.56 Å². The highest BCUT2D eigenvalue weighted by Crippen LogP contribution is 2.27. The van der Waals surface area contributed by atoms with Crippen LogP contribution in [0.1, 0.15) is 31.7 Å². The van der Waals surface area contributed by atoms with Crippen LogP contribution in [-0.2, 0) is 6.42 Å². The van der Waals surface area contributed by atoms with Gasteiger partial charge >= 0.3 is 0 Å². The first-order valence-electron chi connectivity index (χ1n) is 7.03. The minimum Gasteiger partial charge on any atom is -0.321 e. The van der Waals surface area contributed by atoms with Gasteiger partial charge in [-0.25, -0.2) is 9.66 Å². The van der Waals surface area contributed by atoms with Crippen molar-refractivity contribution in [3.8, 4) is 0 Å². The molecule has 2 aromatic heterocycles. The fraction of sp³-hybridized carbons (Fsp3) is 0.467. The molecule has 2 aromatic rings. The molecule has 100 valence electrons. The molecule has 0 radical (unpaired) electrons. The molecule has 4 heteroatoms. The summed E-state index contributed by atoms with van der Waals surface area (Å²) in [6, 6.07) is 5.90. The largest absolute Gasteiger partial charge is 0.321 e. The Hall–Kier alpha value is -1.84. The molecule has 0 aliphatic heterocycles. The van der Waals surface area contributed by atoms with Gasteiger partial charge in [0.25, 0.3) is 5.56 Å². The van der Waals surface area contributed by atoms with E-state index in [1.54, 1.807) is 10.9 Å². The van der Waals surface area contributed by atoms with Gasteiger partial charge in [0.1, 0.15) is 0 Å². The summed E-state index contributed by atoms with van der Waals surface area (Å²) in [4.78, 5) is 16.8. The molecule has 0 unspecified atom stereocenters. The average molecular weight is 257 g/mol. The zero-order chi connectivity index (χ0) is 13.2. The van der Waals surface area contributed by atoms with Crippen molar-refractivity contribution in [2.75, 3.05) is 12.0 Å². The van der Waals surface area contributed by atoms with Crippen molar-refractivity contribution < 1.29 is 0 Å². The number of fused-ring (bicyclic) bond motifs is 1. The van der Waals surface area contributed by atoms with Crippen LogP contribution in [0, 0.1) is 5.92 Å². The predicted octanol–water partition coefficient (Wildman–Crippen LogP) is 2.30. The lowest BCUT2D eigenvalue weighted by atomic mass is 10.1. The second kappa shape index (κ2) is 5.03. The maximum Gasteiger partial charge on any atom is 0.274 e. The molecule has 0 amide bonds. The third kappa shape index (κ3) is 2.48. The summed E-state index contributed by atoms with van der Waals surface area (Å²) in [6.45, 7) is 2.95. The van der Waals surface area contributed by atoms with Crippen LogP contribution < -0.4 is 11.0 Å². The molecule has 0 aromatic carbocycles. The van der Waals surface area contributed by atoms with Crippen molar-refractivity contribution in [3.63, 3.8) is 0 Å². The highest BCUT2D eigenvalue weighted by atomic mass is 16.1. The van der Waals surface area contributed by atoms with E-state index in [9.17, 15) is 4.79 Å². The third-order valence-electron chi connectivity index (χ3n) is 3.59. The maximum atomic E-state index is 12.5. The summed E-state index contributed by atoms with van der Waals surface area (Å²) in [6.07, 6.45) is 6.05. The van der Waals surface area contributed by atoms with Crippen LogP contribution in [0.25, 0.3) is 11.0 Å². The SMILES string of the molecule is CCCc1cc2cccnc2n(NCC2CC2)c1=O. The lowest BCUT2D eigenvalue weighted by Crippen LogP contribution is -2.33. The van der Waals surface area contributed by atoms with E-state index in [1.165, 1.54) is 12.8 Å². The van der Waals surface area contributed by atoms with Gasteiger partial charge in [0.2, 0.25) is 0 Å². The van der Waals surface area contributed by atoms with E-state index in [4.69, 9.17) is 0 Å². The van der Waals surface area contributed by atoms with Crippen molar-refractivity contribution in [3.05, 3.63) is 40.3 Å². The Morgan fingerprint density at radius 2 is 2.32 bits per heavy atom. The van der Waals surface area contributed by atoms with E-state index in [2.05, 4.69) is 17.3 Å². The van der Waals surface area contributed by atoms with Crippen molar-refractivity contribution in [1.82, 2.24) is 9.66 Å². The summed E-state index contributed by atoms with van der Waals surface area (Å²) in [5, 5.41) is 1.02. The van der Waals surface area contributed by atoms with Gasteiger partial charge in [-0.05, 0) is 43.4 Å². The van der Waals surface area contributed by atoms with Crippen molar-refractivity contribution >= 4 is 11.0 Å². The Morgan fingerprint density at radius 3 is 3.05 bits per heavy atom. The van der Waals surface area contributed by atoms with Crippen molar-refractivity contribution in [1.29, 1.82) is 0 Å². The Labute approximate surface area is 112 Å². The number of pyridine rings is 2. The predicted molar refractivity (Wildman–Crippen MR) is 76.9 cm³/mol. The lowest BCUT2D eigenvalue weighted by Gasteiger charge is -2.13. The van der Waals surface area contributed by atoms with Gasteiger partial charge in [0.15, 0.2) is 5.65 Å². The van der Waals surface area contributed by atoms with Gasteiger partial charge < -0.3 is 5.43 Å². The molecule has 4 nitrogen and oxygen atoms in total. The monoisotopic (exact) mass is 257 g/mol. The number of nitrogens with zero attached hydrogens (tertiary/aromatic N) is 2.